The van der Waals surface area contributed by atoms with Crippen LogP contribution >= 0.6 is 0 Å². The van der Waals surface area contributed by atoms with Gasteiger partial charge in [0.25, 0.3) is 0 Å². The van der Waals surface area contributed by atoms with Crippen LogP contribution in [0.1, 0.15) is 33.6 Å². The number of nitrogens with two attached hydrogens (primary N) is 1. The van der Waals surface area contributed by atoms with Crippen LogP contribution in [0.3, 0.4) is 0 Å². The van der Waals surface area contributed by atoms with Crippen LogP contribution in [-0.2, 0) is 0 Å². The molecule has 10 heavy (non-hydrogen) atoms. The van der Waals surface area contributed by atoms with Gasteiger partial charge in [-0.15, -0.1) is 0 Å². The van der Waals surface area contributed by atoms with Crippen molar-refractivity contribution in [1.82, 2.24) is 0 Å². The van der Waals surface area contributed by atoms with Gasteiger partial charge in [0.15, 0.2) is 0 Å². The van der Waals surface area contributed by atoms with Gasteiger partial charge < -0.3 is 5.73 Å². The number of rotatable bonds is 2. The van der Waals surface area contributed by atoms with Crippen LogP contribution in [0.5, 0.6) is 0 Å². The molecule has 1 heteroatoms. The zero-order valence-electron chi connectivity index (χ0n) is 7.35. The maximum atomic E-state index is 5.70. The molecule has 0 aliphatic heterocycles. The molecule has 0 aromatic heterocycles. The fourth-order valence-corrected chi connectivity index (χ4v) is 1.75. The van der Waals surface area contributed by atoms with Crippen molar-refractivity contribution in [1.29, 1.82) is 0 Å². The van der Waals surface area contributed by atoms with E-state index in [1.165, 1.54) is 12.8 Å². The molecule has 1 atom stereocenters. The molecule has 1 nitrogen and oxygen atoms in total. The molecule has 0 saturated heterocycles. The molecule has 0 heterocycles. The normalized spacial score (nSPS) is 22.8. The van der Waals surface area contributed by atoms with Crippen LogP contribution in [0, 0.1) is 17.3 Å². The second-order valence-electron chi connectivity index (χ2n) is 4.55. The lowest BCUT2D eigenvalue weighted by atomic mass is 9.78. The van der Waals surface area contributed by atoms with Crippen molar-refractivity contribution in [2.24, 2.45) is 23.0 Å². The van der Waals surface area contributed by atoms with Crippen LogP contribution in [0.15, 0.2) is 0 Å². The van der Waals surface area contributed by atoms with Gasteiger partial charge in [0.2, 0.25) is 0 Å². The second-order valence-corrected chi connectivity index (χ2v) is 4.55. The average Bonchev–Trinajstić information content (AvgIpc) is 2.46. The molecule has 1 unspecified atom stereocenters. The summed E-state index contributed by atoms with van der Waals surface area (Å²) < 4.78 is 0. The lowest BCUT2D eigenvalue weighted by molar-refractivity contribution is 0.218. The first kappa shape index (κ1) is 8.06. The highest BCUT2D eigenvalue weighted by atomic mass is 14.6. The highest BCUT2D eigenvalue weighted by molar-refractivity contribution is 4.88. The van der Waals surface area contributed by atoms with Crippen LogP contribution in [0.4, 0.5) is 0 Å². The van der Waals surface area contributed by atoms with Crippen molar-refractivity contribution in [3.05, 3.63) is 0 Å². The van der Waals surface area contributed by atoms with Gasteiger partial charge in [0.1, 0.15) is 0 Å². The van der Waals surface area contributed by atoms with E-state index in [1.807, 2.05) is 0 Å². The van der Waals surface area contributed by atoms with Crippen LogP contribution < -0.4 is 5.73 Å². The molecule has 1 rings (SSSR count). The maximum Gasteiger partial charge on any atom is -0.00412 e. The van der Waals surface area contributed by atoms with Gasteiger partial charge in [-0.2, -0.15) is 0 Å². The zero-order valence-corrected chi connectivity index (χ0v) is 7.35. The molecule has 60 valence electrons. The summed E-state index contributed by atoms with van der Waals surface area (Å²) in [4.78, 5) is 0. The third-order valence-electron chi connectivity index (χ3n) is 2.56. The van der Waals surface area contributed by atoms with E-state index in [9.17, 15) is 0 Å². The Labute approximate surface area is 64.0 Å². The first-order valence-electron chi connectivity index (χ1n) is 4.26. The van der Waals surface area contributed by atoms with Crippen molar-refractivity contribution in [2.75, 3.05) is 6.54 Å². The van der Waals surface area contributed by atoms with E-state index in [-0.39, 0.29) is 0 Å². The van der Waals surface area contributed by atoms with Crippen LogP contribution in [-0.4, -0.2) is 6.54 Å². The summed E-state index contributed by atoms with van der Waals surface area (Å²) in [5, 5.41) is 0. The average molecular weight is 141 g/mol. The molecule has 1 saturated carbocycles. The quantitative estimate of drug-likeness (QED) is 0.625. The van der Waals surface area contributed by atoms with E-state index in [4.69, 9.17) is 5.73 Å². The molecule has 1 aliphatic carbocycles. The minimum atomic E-state index is 0.427. The Hall–Kier alpha value is -0.0400. The standard InChI is InChI=1S/C9H19N/c1-9(2,3)8(6-10)7-4-5-7/h7-8H,4-6,10H2,1-3H3. The van der Waals surface area contributed by atoms with Crippen molar-refractivity contribution >= 4 is 0 Å². The Morgan fingerprint density at radius 2 is 1.90 bits per heavy atom. The molecule has 0 radical (unpaired) electrons. The molecule has 1 aliphatic rings. The van der Waals surface area contributed by atoms with Gasteiger partial charge in [-0.25, -0.2) is 0 Å². The van der Waals surface area contributed by atoms with Crippen molar-refractivity contribution in [2.45, 2.75) is 33.6 Å². The summed E-state index contributed by atoms with van der Waals surface area (Å²) >= 11 is 0. The zero-order chi connectivity index (χ0) is 7.78. The van der Waals surface area contributed by atoms with Gasteiger partial charge in [0.05, 0.1) is 0 Å². The first-order valence-corrected chi connectivity index (χ1v) is 4.26. The molecule has 2 N–H and O–H groups in total. The van der Waals surface area contributed by atoms with E-state index in [0.717, 1.165) is 18.4 Å². The number of hydrogen-bond acceptors (Lipinski definition) is 1. The fourth-order valence-electron chi connectivity index (χ4n) is 1.75. The van der Waals surface area contributed by atoms with Crippen molar-refractivity contribution in [3.8, 4) is 0 Å². The molecule has 0 bridgehead atoms. The van der Waals surface area contributed by atoms with Crippen molar-refractivity contribution < 1.29 is 0 Å². The predicted octanol–water partition coefficient (Wildman–Crippen LogP) is 2.02. The Morgan fingerprint density at radius 3 is 2.00 bits per heavy atom. The third kappa shape index (κ3) is 1.72. The summed E-state index contributed by atoms with van der Waals surface area (Å²) in [6.07, 6.45) is 2.83. The first-order chi connectivity index (χ1) is 4.55. The SMILES string of the molecule is CC(C)(C)C(CN)C1CC1. The molecule has 0 aromatic rings. The van der Waals surface area contributed by atoms with E-state index in [0.29, 0.717) is 5.41 Å². The highest BCUT2D eigenvalue weighted by Crippen LogP contribution is 2.44. The van der Waals surface area contributed by atoms with Gasteiger partial charge in [-0.3, -0.25) is 0 Å². The van der Waals surface area contributed by atoms with Crippen LogP contribution in [0.25, 0.3) is 0 Å². The maximum absolute atomic E-state index is 5.70. The summed E-state index contributed by atoms with van der Waals surface area (Å²) in [6.45, 7) is 7.75. The molecule has 1 fully saturated rings. The summed E-state index contributed by atoms with van der Waals surface area (Å²) in [5.41, 5.74) is 6.13. The second kappa shape index (κ2) is 2.54. The third-order valence-corrected chi connectivity index (χ3v) is 2.56. The van der Waals surface area contributed by atoms with E-state index in [1.54, 1.807) is 0 Å². The predicted molar refractivity (Wildman–Crippen MR) is 44.7 cm³/mol. The molecule has 0 amide bonds. The van der Waals surface area contributed by atoms with Gasteiger partial charge in [0, 0.05) is 0 Å². The Morgan fingerprint density at radius 1 is 1.40 bits per heavy atom. The number of hydrogen-bond donors (Lipinski definition) is 1. The van der Waals surface area contributed by atoms with Crippen molar-refractivity contribution in [3.63, 3.8) is 0 Å². The molecular formula is C9H19N. The summed E-state index contributed by atoms with van der Waals surface area (Å²) in [7, 11) is 0. The minimum Gasteiger partial charge on any atom is -0.330 e. The lowest BCUT2D eigenvalue weighted by Crippen LogP contribution is -2.29. The molecule has 0 aromatic carbocycles. The fraction of sp³-hybridized carbons (Fsp3) is 1.00. The van der Waals surface area contributed by atoms with Gasteiger partial charge in [-0.05, 0) is 36.6 Å². The Balaban J connectivity index is 2.46. The monoisotopic (exact) mass is 141 g/mol. The smallest absolute Gasteiger partial charge is 0.00412 e. The Bertz CT molecular complexity index is 108. The van der Waals surface area contributed by atoms with E-state index in [2.05, 4.69) is 20.8 Å². The lowest BCUT2D eigenvalue weighted by Gasteiger charge is -2.29. The summed E-state index contributed by atoms with van der Waals surface area (Å²) in [6, 6.07) is 0. The largest absolute Gasteiger partial charge is 0.330 e. The highest BCUT2D eigenvalue weighted by Gasteiger charge is 2.37. The Kier molecular flexibility index (Phi) is 2.04. The summed E-state index contributed by atoms with van der Waals surface area (Å²) in [5.74, 6) is 1.71. The molecular weight excluding hydrogens is 122 g/mol. The van der Waals surface area contributed by atoms with E-state index >= 15 is 0 Å². The van der Waals surface area contributed by atoms with E-state index < -0.39 is 0 Å². The van der Waals surface area contributed by atoms with Gasteiger partial charge in [-0.1, -0.05) is 20.8 Å². The van der Waals surface area contributed by atoms with Crippen LogP contribution in [0.2, 0.25) is 0 Å². The topological polar surface area (TPSA) is 26.0 Å². The minimum absolute atomic E-state index is 0.427. The van der Waals surface area contributed by atoms with Gasteiger partial charge >= 0.3 is 0 Å². The molecule has 0 spiro atoms.